The van der Waals surface area contributed by atoms with Crippen molar-refractivity contribution in [1.82, 2.24) is 5.32 Å². The lowest BCUT2D eigenvalue weighted by atomic mass is 9.84. The highest BCUT2D eigenvalue weighted by molar-refractivity contribution is 5.85. The zero-order valence-electron chi connectivity index (χ0n) is 21.0. The van der Waals surface area contributed by atoms with Crippen LogP contribution in [0.2, 0.25) is 0 Å². The van der Waals surface area contributed by atoms with Gasteiger partial charge < -0.3 is 26.2 Å². The molecule has 0 aliphatic carbocycles. The van der Waals surface area contributed by atoms with Crippen molar-refractivity contribution < 1.29 is 27.8 Å². The number of nitrogens with one attached hydrogen (secondary N) is 2. The lowest BCUT2D eigenvalue weighted by molar-refractivity contribution is -0.119. The molecule has 3 aromatic rings. The Morgan fingerprint density at radius 1 is 1.05 bits per heavy atom. The van der Waals surface area contributed by atoms with Crippen LogP contribution in [0.25, 0.3) is 0 Å². The summed E-state index contributed by atoms with van der Waals surface area (Å²) < 4.78 is 48.4. The number of nitrogens with two attached hydrogens (primary N) is 1. The number of halogens is 3. The van der Waals surface area contributed by atoms with E-state index in [0.29, 0.717) is 41.8 Å². The summed E-state index contributed by atoms with van der Waals surface area (Å²) in [5.74, 6) is -2.73. The van der Waals surface area contributed by atoms with Crippen LogP contribution in [0.4, 0.5) is 18.9 Å². The van der Waals surface area contributed by atoms with Gasteiger partial charge in [0.15, 0.2) is 0 Å². The number of hydrogen-bond donors (Lipinski definition) is 4. The van der Waals surface area contributed by atoms with E-state index in [2.05, 4.69) is 10.6 Å². The minimum absolute atomic E-state index is 0.0347. The molecule has 4 atom stereocenters. The fraction of sp³-hybridized carbons (Fsp3) is 0.345. The number of carbonyl (C=O) groups excluding carboxylic acids is 1. The van der Waals surface area contributed by atoms with Crippen molar-refractivity contribution in [2.75, 3.05) is 18.5 Å². The van der Waals surface area contributed by atoms with Crippen molar-refractivity contribution in [3.8, 4) is 0 Å². The standard InChI is InChI=1S/C29H32F3N3O3/c1-17-26(16-36)34-15-22(38-17)13-14-23-24(32)3-2-4-25(23)35-28(29(33)37)27(18-5-9-20(30)10-6-18)19-7-11-21(31)12-8-19/h2-12,17,22,26-28,34-36H,13-16H2,1H3,(H2,33,37)/t17-,22+,26+,28-/m0/s1. The normalized spacial score (nSPS) is 20.3. The van der Waals surface area contributed by atoms with Gasteiger partial charge in [-0.05, 0) is 67.3 Å². The molecular formula is C29H32F3N3O3. The number of anilines is 1. The second-order valence-corrected chi connectivity index (χ2v) is 9.57. The van der Waals surface area contributed by atoms with Crippen molar-refractivity contribution in [2.24, 2.45) is 5.73 Å². The molecule has 5 N–H and O–H groups in total. The first-order valence-corrected chi connectivity index (χ1v) is 12.6. The topological polar surface area (TPSA) is 96.6 Å². The molecule has 0 radical (unpaired) electrons. The van der Waals surface area contributed by atoms with Crippen LogP contribution in [0.1, 0.15) is 36.0 Å². The lowest BCUT2D eigenvalue weighted by Gasteiger charge is -2.35. The maximum atomic E-state index is 15.1. The Bertz CT molecular complexity index is 1180. The molecule has 1 saturated heterocycles. The zero-order valence-corrected chi connectivity index (χ0v) is 21.0. The first-order chi connectivity index (χ1) is 18.3. The number of aliphatic hydroxyl groups excluding tert-OH is 1. The number of ether oxygens (including phenoxy) is 1. The molecule has 0 saturated carbocycles. The third-order valence-corrected chi connectivity index (χ3v) is 7.02. The van der Waals surface area contributed by atoms with E-state index in [1.165, 1.54) is 36.4 Å². The van der Waals surface area contributed by atoms with Gasteiger partial charge in [-0.25, -0.2) is 13.2 Å². The Hall–Kier alpha value is -3.40. The van der Waals surface area contributed by atoms with Crippen LogP contribution in [-0.4, -0.2) is 48.5 Å². The molecule has 0 unspecified atom stereocenters. The quantitative estimate of drug-likeness (QED) is 0.321. The number of morpholine rings is 1. The van der Waals surface area contributed by atoms with Crippen LogP contribution >= 0.6 is 0 Å². The van der Waals surface area contributed by atoms with Gasteiger partial charge in [-0.1, -0.05) is 30.3 Å². The second kappa shape index (κ2) is 12.4. The highest BCUT2D eigenvalue weighted by Gasteiger charge is 2.31. The maximum absolute atomic E-state index is 15.1. The molecule has 3 aromatic carbocycles. The molecule has 1 aliphatic rings. The monoisotopic (exact) mass is 527 g/mol. The number of aliphatic hydroxyl groups is 1. The average molecular weight is 528 g/mol. The number of hydrogen-bond acceptors (Lipinski definition) is 5. The SMILES string of the molecule is C[C@@H]1O[C@H](CCc2c(F)cccc2N[C@H](C(N)=O)C(c2ccc(F)cc2)c2ccc(F)cc2)CN[C@@H]1CO. The molecule has 9 heteroatoms. The van der Waals surface area contributed by atoms with Crippen LogP contribution < -0.4 is 16.4 Å². The van der Waals surface area contributed by atoms with Crippen molar-refractivity contribution >= 4 is 11.6 Å². The second-order valence-electron chi connectivity index (χ2n) is 9.57. The number of carbonyl (C=O) groups is 1. The zero-order chi connectivity index (χ0) is 27.2. The molecule has 38 heavy (non-hydrogen) atoms. The molecular weight excluding hydrogens is 495 g/mol. The average Bonchev–Trinajstić information content (AvgIpc) is 2.90. The van der Waals surface area contributed by atoms with Gasteiger partial charge in [0, 0.05) is 23.7 Å². The Kier molecular flexibility index (Phi) is 9.04. The number of primary amides is 1. The Morgan fingerprint density at radius 3 is 2.18 bits per heavy atom. The van der Waals surface area contributed by atoms with Crippen LogP contribution in [-0.2, 0) is 16.0 Å². The summed E-state index contributed by atoms with van der Waals surface area (Å²) in [5.41, 5.74) is 7.79. The smallest absolute Gasteiger partial charge is 0.240 e. The fourth-order valence-corrected chi connectivity index (χ4v) is 4.94. The summed E-state index contributed by atoms with van der Waals surface area (Å²) in [6.45, 7) is 2.36. The van der Waals surface area contributed by atoms with E-state index in [1.54, 1.807) is 30.3 Å². The van der Waals surface area contributed by atoms with Crippen LogP contribution in [0.5, 0.6) is 0 Å². The molecule has 1 fully saturated rings. The molecule has 202 valence electrons. The summed E-state index contributed by atoms with van der Waals surface area (Å²) >= 11 is 0. The molecule has 1 heterocycles. The molecule has 0 bridgehead atoms. The molecule has 1 amide bonds. The number of amides is 1. The number of rotatable bonds is 10. The van der Waals surface area contributed by atoms with Crippen molar-refractivity contribution in [3.05, 3.63) is 101 Å². The molecule has 6 nitrogen and oxygen atoms in total. The highest BCUT2D eigenvalue weighted by Crippen LogP contribution is 2.32. The largest absolute Gasteiger partial charge is 0.395 e. The van der Waals surface area contributed by atoms with Crippen LogP contribution in [0.15, 0.2) is 66.7 Å². The van der Waals surface area contributed by atoms with Gasteiger partial charge in [-0.15, -0.1) is 0 Å². The fourth-order valence-electron chi connectivity index (χ4n) is 4.94. The third-order valence-electron chi connectivity index (χ3n) is 7.02. The first-order valence-electron chi connectivity index (χ1n) is 12.6. The Labute approximate surface area is 220 Å². The van der Waals surface area contributed by atoms with E-state index in [0.717, 1.165) is 0 Å². The Balaban J connectivity index is 1.62. The minimum atomic E-state index is -1.05. The van der Waals surface area contributed by atoms with E-state index in [4.69, 9.17) is 10.5 Å². The summed E-state index contributed by atoms with van der Waals surface area (Å²) in [4.78, 5) is 12.8. The Morgan fingerprint density at radius 2 is 1.66 bits per heavy atom. The van der Waals surface area contributed by atoms with Gasteiger partial charge in [0.05, 0.1) is 24.9 Å². The lowest BCUT2D eigenvalue weighted by Crippen LogP contribution is -2.53. The molecule has 0 aromatic heterocycles. The summed E-state index contributed by atoms with van der Waals surface area (Å²) in [7, 11) is 0. The van der Waals surface area contributed by atoms with Crippen LogP contribution in [0, 0.1) is 17.5 Å². The minimum Gasteiger partial charge on any atom is -0.395 e. The molecule has 4 rings (SSSR count). The van der Waals surface area contributed by atoms with E-state index in [-0.39, 0.29) is 24.9 Å². The maximum Gasteiger partial charge on any atom is 0.240 e. The highest BCUT2D eigenvalue weighted by atomic mass is 19.1. The number of benzene rings is 3. The van der Waals surface area contributed by atoms with Crippen molar-refractivity contribution in [2.45, 2.75) is 50.0 Å². The van der Waals surface area contributed by atoms with Gasteiger partial charge in [0.2, 0.25) is 5.91 Å². The molecule has 1 aliphatic heterocycles. The predicted molar refractivity (Wildman–Crippen MR) is 139 cm³/mol. The van der Waals surface area contributed by atoms with E-state index in [9.17, 15) is 18.7 Å². The first kappa shape index (κ1) is 27.6. The van der Waals surface area contributed by atoms with Gasteiger partial charge in [-0.3, -0.25) is 4.79 Å². The van der Waals surface area contributed by atoms with Gasteiger partial charge >= 0.3 is 0 Å². The van der Waals surface area contributed by atoms with Crippen molar-refractivity contribution in [1.29, 1.82) is 0 Å². The van der Waals surface area contributed by atoms with Crippen LogP contribution in [0.3, 0.4) is 0 Å². The summed E-state index contributed by atoms with van der Waals surface area (Å²) in [6.07, 6.45) is 0.453. The van der Waals surface area contributed by atoms with E-state index >= 15 is 4.39 Å². The van der Waals surface area contributed by atoms with Gasteiger partial charge in [0.25, 0.3) is 0 Å². The molecule has 0 spiro atoms. The van der Waals surface area contributed by atoms with Gasteiger partial charge in [0.1, 0.15) is 23.5 Å². The summed E-state index contributed by atoms with van der Waals surface area (Å²) in [6, 6.07) is 14.6. The summed E-state index contributed by atoms with van der Waals surface area (Å²) in [5, 5.41) is 15.8. The van der Waals surface area contributed by atoms with Gasteiger partial charge in [-0.2, -0.15) is 0 Å². The van der Waals surface area contributed by atoms with Crippen molar-refractivity contribution in [3.63, 3.8) is 0 Å². The predicted octanol–water partition coefficient (Wildman–Crippen LogP) is 3.87. The third kappa shape index (κ3) is 6.53. The van der Waals surface area contributed by atoms with E-state index < -0.39 is 35.3 Å². The van der Waals surface area contributed by atoms with E-state index in [1.807, 2.05) is 6.92 Å².